The molecule has 1 atom stereocenters. The van der Waals surface area contributed by atoms with Gasteiger partial charge in [0, 0.05) is 0 Å². The Kier molecular flexibility index (Phi) is 3.90. The molecule has 0 bridgehead atoms. The topological polar surface area (TPSA) is 94.9 Å². The third kappa shape index (κ3) is 2.13. The number of aliphatic carboxylic acids is 1. The summed E-state index contributed by atoms with van der Waals surface area (Å²) in [6, 6.07) is -1.34. The molecule has 2 amide bonds. The molecule has 1 aliphatic rings. The van der Waals surface area contributed by atoms with Gasteiger partial charge in [-0.05, 0) is 19.3 Å². The summed E-state index contributed by atoms with van der Waals surface area (Å²) in [5.74, 6) is -2.01. The Morgan fingerprint density at radius 1 is 1.33 bits per heavy atom. The number of rotatable bonds is 5. The van der Waals surface area contributed by atoms with E-state index in [0.29, 0.717) is 4.90 Å². The summed E-state index contributed by atoms with van der Waals surface area (Å²) >= 11 is 0. The predicted octanol–water partition coefficient (Wildman–Crippen LogP) is 1.49. The van der Waals surface area contributed by atoms with Crippen molar-refractivity contribution in [3.05, 3.63) is 25.3 Å². The van der Waals surface area contributed by atoms with Crippen LogP contribution >= 0.6 is 0 Å². The number of carboxylic acid groups (broad SMARTS) is 2. The second kappa shape index (κ2) is 5.03. The Hall–Kier alpha value is -2.11. The van der Waals surface area contributed by atoms with Crippen molar-refractivity contribution < 1.29 is 24.6 Å². The van der Waals surface area contributed by atoms with Gasteiger partial charge in [-0.15, -0.1) is 13.2 Å². The van der Waals surface area contributed by atoms with E-state index < -0.39 is 29.4 Å². The number of allylic oxidation sites excluding steroid dienone is 2. The van der Waals surface area contributed by atoms with Crippen molar-refractivity contribution in [3.63, 3.8) is 0 Å². The molecule has 0 unspecified atom stereocenters. The van der Waals surface area contributed by atoms with Crippen LogP contribution in [0.3, 0.4) is 0 Å². The molecular formula is C12H15NO5. The van der Waals surface area contributed by atoms with Crippen molar-refractivity contribution in [1.82, 2.24) is 4.90 Å². The molecular weight excluding hydrogens is 238 g/mol. The second-order valence-corrected chi connectivity index (χ2v) is 4.28. The normalized spacial score (nSPS) is 21.7. The van der Waals surface area contributed by atoms with Gasteiger partial charge in [0.1, 0.15) is 6.04 Å². The number of hydrogen-bond acceptors (Lipinski definition) is 3. The van der Waals surface area contributed by atoms with E-state index in [1.165, 1.54) is 12.2 Å². The molecule has 6 heteroatoms. The van der Waals surface area contributed by atoms with E-state index in [9.17, 15) is 14.4 Å². The summed E-state index contributed by atoms with van der Waals surface area (Å²) in [5, 5.41) is 18.0. The van der Waals surface area contributed by atoms with E-state index in [0.717, 1.165) is 0 Å². The maximum absolute atomic E-state index is 12.1. The molecule has 0 spiro atoms. The van der Waals surface area contributed by atoms with Gasteiger partial charge in [0.05, 0.1) is 5.41 Å². The van der Waals surface area contributed by atoms with Crippen molar-refractivity contribution in [1.29, 1.82) is 0 Å². The maximum Gasteiger partial charge on any atom is 0.414 e. The van der Waals surface area contributed by atoms with E-state index in [4.69, 9.17) is 10.2 Å². The lowest BCUT2D eigenvalue weighted by Gasteiger charge is -2.23. The van der Waals surface area contributed by atoms with Crippen LogP contribution in [0.25, 0.3) is 0 Å². The Labute approximate surface area is 104 Å². The third-order valence-corrected chi connectivity index (χ3v) is 3.13. The highest BCUT2D eigenvalue weighted by molar-refractivity contribution is 6.01. The zero-order valence-electron chi connectivity index (χ0n) is 9.83. The van der Waals surface area contributed by atoms with Crippen LogP contribution in [-0.2, 0) is 9.59 Å². The average Bonchev–Trinajstić information content (AvgIpc) is 2.54. The van der Waals surface area contributed by atoms with Crippen LogP contribution in [0.15, 0.2) is 25.3 Å². The first-order valence-corrected chi connectivity index (χ1v) is 5.41. The average molecular weight is 253 g/mol. The number of carbonyl (C=O) groups excluding carboxylic acids is 1. The first-order valence-electron chi connectivity index (χ1n) is 5.41. The fourth-order valence-corrected chi connectivity index (χ4v) is 2.34. The molecule has 1 heterocycles. The van der Waals surface area contributed by atoms with Crippen LogP contribution in [-0.4, -0.2) is 39.1 Å². The summed E-state index contributed by atoms with van der Waals surface area (Å²) in [4.78, 5) is 34.6. The van der Waals surface area contributed by atoms with Crippen LogP contribution in [0, 0.1) is 5.41 Å². The van der Waals surface area contributed by atoms with E-state index in [1.54, 1.807) is 0 Å². The van der Waals surface area contributed by atoms with Crippen molar-refractivity contribution >= 4 is 18.0 Å². The smallest absolute Gasteiger partial charge is 0.414 e. The van der Waals surface area contributed by atoms with Crippen LogP contribution in [0.1, 0.15) is 19.3 Å². The van der Waals surface area contributed by atoms with Crippen LogP contribution in [0.2, 0.25) is 0 Å². The molecule has 0 saturated carbocycles. The van der Waals surface area contributed by atoms with Gasteiger partial charge in [0.15, 0.2) is 0 Å². The minimum absolute atomic E-state index is 0.0501. The molecule has 2 N–H and O–H groups in total. The Morgan fingerprint density at radius 3 is 2.11 bits per heavy atom. The summed E-state index contributed by atoms with van der Waals surface area (Å²) in [7, 11) is 0. The SMILES string of the molecule is C=CCC1(CC=C)C[C@@H](C(=O)O)N(C(=O)O)C1=O. The highest BCUT2D eigenvalue weighted by Gasteiger charge is 2.55. The largest absolute Gasteiger partial charge is 0.480 e. The molecule has 0 aromatic heterocycles. The monoisotopic (exact) mass is 253 g/mol. The predicted molar refractivity (Wildman–Crippen MR) is 63.0 cm³/mol. The van der Waals surface area contributed by atoms with Gasteiger partial charge in [-0.2, -0.15) is 0 Å². The van der Waals surface area contributed by atoms with Crippen LogP contribution < -0.4 is 0 Å². The Balaban J connectivity index is 3.20. The number of imide groups is 1. The zero-order valence-corrected chi connectivity index (χ0v) is 9.83. The minimum atomic E-state index is -1.54. The molecule has 0 radical (unpaired) electrons. The van der Waals surface area contributed by atoms with E-state index >= 15 is 0 Å². The summed E-state index contributed by atoms with van der Waals surface area (Å²) in [5.41, 5.74) is -1.05. The maximum atomic E-state index is 12.1. The van der Waals surface area contributed by atoms with Crippen molar-refractivity contribution in [2.45, 2.75) is 25.3 Å². The molecule has 98 valence electrons. The number of amides is 2. The van der Waals surface area contributed by atoms with Crippen molar-refractivity contribution in [2.75, 3.05) is 0 Å². The lowest BCUT2D eigenvalue weighted by Crippen LogP contribution is -2.43. The third-order valence-electron chi connectivity index (χ3n) is 3.13. The van der Waals surface area contributed by atoms with Gasteiger partial charge < -0.3 is 10.2 Å². The van der Waals surface area contributed by atoms with Crippen molar-refractivity contribution in [2.24, 2.45) is 5.41 Å². The lowest BCUT2D eigenvalue weighted by molar-refractivity contribution is -0.145. The fourth-order valence-electron chi connectivity index (χ4n) is 2.34. The Bertz CT molecular complexity index is 405. The van der Waals surface area contributed by atoms with Gasteiger partial charge in [-0.25, -0.2) is 14.5 Å². The zero-order chi connectivity index (χ0) is 13.9. The number of hydrogen-bond donors (Lipinski definition) is 2. The lowest BCUT2D eigenvalue weighted by atomic mass is 9.78. The summed E-state index contributed by atoms with van der Waals surface area (Å²) < 4.78 is 0. The number of nitrogens with zero attached hydrogens (tertiary/aromatic N) is 1. The standard InChI is InChI=1S/C12H15NO5/c1-3-5-12(6-4-2)7-8(9(14)15)13(10(12)16)11(17)18/h3-4,8H,1-2,5-7H2,(H,14,15)(H,17,18)/t8-/m0/s1. The first-order chi connectivity index (χ1) is 8.39. The molecule has 1 saturated heterocycles. The van der Waals surface area contributed by atoms with Crippen LogP contribution in [0.5, 0.6) is 0 Å². The van der Waals surface area contributed by atoms with Gasteiger partial charge in [-0.3, -0.25) is 4.79 Å². The summed E-state index contributed by atoms with van der Waals surface area (Å²) in [6.07, 6.45) is 1.85. The molecule has 1 aliphatic heterocycles. The Morgan fingerprint density at radius 2 is 1.83 bits per heavy atom. The second-order valence-electron chi connectivity index (χ2n) is 4.28. The van der Waals surface area contributed by atoms with Gasteiger partial charge in [-0.1, -0.05) is 12.2 Å². The van der Waals surface area contributed by atoms with E-state index in [2.05, 4.69) is 13.2 Å². The molecule has 6 nitrogen and oxygen atoms in total. The highest BCUT2D eigenvalue weighted by Crippen LogP contribution is 2.42. The number of carbonyl (C=O) groups is 3. The number of likely N-dealkylation sites (tertiary alicyclic amines) is 1. The fraction of sp³-hybridized carbons (Fsp3) is 0.417. The minimum Gasteiger partial charge on any atom is -0.480 e. The molecule has 18 heavy (non-hydrogen) atoms. The van der Waals surface area contributed by atoms with Gasteiger partial charge >= 0.3 is 12.1 Å². The molecule has 0 aliphatic carbocycles. The highest BCUT2D eigenvalue weighted by atomic mass is 16.4. The van der Waals surface area contributed by atoms with Gasteiger partial charge in [0.2, 0.25) is 5.91 Å². The van der Waals surface area contributed by atoms with E-state index in [-0.39, 0.29) is 19.3 Å². The molecule has 1 fully saturated rings. The number of carboxylic acids is 1. The quantitative estimate of drug-likeness (QED) is 0.724. The molecule has 0 aromatic rings. The first kappa shape index (κ1) is 14.0. The van der Waals surface area contributed by atoms with Gasteiger partial charge in [0.25, 0.3) is 0 Å². The van der Waals surface area contributed by atoms with Crippen molar-refractivity contribution in [3.8, 4) is 0 Å². The summed E-state index contributed by atoms with van der Waals surface area (Å²) in [6.45, 7) is 7.05. The molecule has 1 rings (SSSR count). The molecule has 0 aromatic carbocycles. The van der Waals surface area contributed by atoms with Crippen LogP contribution in [0.4, 0.5) is 4.79 Å². The van der Waals surface area contributed by atoms with E-state index in [1.807, 2.05) is 0 Å².